The second-order valence-electron chi connectivity index (χ2n) is 6.42. The van der Waals surface area contributed by atoms with Crippen LogP contribution in [0.1, 0.15) is 23.5 Å². The fraction of sp³-hybridized carbons (Fsp3) is 0.444. The smallest absolute Gasteiger partial charge is 0.254 e. The number of aryl methyl sites for hydroxylation is 2. The molecule has 0 bridgehead atoms. The molecule has 26 heavy (non-hydrogen) atoms. The number of H-pyrrole nitrogens is 1. The molecule has 8 heteroatoms. The monoisotopic (exact) mass is 375 g/mol. The highest BCUT2D eigenvalue weighted by molar-refractivity contribution is 6.30. The Hall–Kier alpha value is -2.41. The first-order chi connectivity index (χ1) is 12.4. The molecule has 2 aromatic heterocycles. The Balaban J connectivity index is 1.54. The predicted octanol–water partition coefficient (Wildman–Crippen LogP) is 1.72. The third kappa shape index (κ3) is 4.22. The SMILES string of the molecule is Cc1nc(C)c(CCC(=O)N2CCN(c3ccc(Cl)cn3)CC2)c(=O)[nH]1. The number of aromatic amines is 1. The van der Waals surface area contributed by atoms with Gasteiger partial charge in [0.2, 0.25) is 5.91 Å². The van der Waals surface area contributed by atoms with Crippen LogP contribution in [-0.4, -0.2) is 51.9 Å². The second-order valence-corrected chi connectivity index (χ2v) is 6.85. The molecule has 2 aromatic rings. The molecule has 0 spiro atoms. The molecule has 1 amide bonds. The molecule has 3 rings (SSSR count). The number of nitrogens with zero attached hydrogens (tertiary/aromatic N) is 4. The van der Waals surface area contributed by atoms with Crippen molar-refractivity contribution >= 4 is 23.3 Å². The van der Waals surface area contributed by atoms with E-state index in [0.717, 1.165) is 18.9 Å². The van der Waals surface area contributed by atoms with Gasteiger partial charge in [-0.2, -0.15) is 0 Å². The van der Waals surface area contributed by atoms with Crippen molar-refractivity contribution in [3.63, 3.8) is 0 Å². The van der Waals surface area contributed by atoms with Gasteiger partial charge in [-0.1, -0.05) is 11.6 Å². The molecule has 1 saturated heterocycles. The zero-order valence-corrected chi connectivity index (χ0v) is 15.7. The van der Waals surface area contributed by atoms with Gasteiger partial charge in [-0.3, -0.25) is 9.59 Å². The zero-order chi connectivity index (χ0) is 18.7. The summed E-state index contributed by atoms with van der Waals surface area (Å²) in [4.78, 5) is 39.8. The number of carbonyl (C=O) groups is 1. The molecular weight excluding hydrogens is 354 g/mol. The van der Waals surface area contributed by atoms with E-state index < -0.39 is 0 Å². The maximum atomic E-state index is 12.5. The van der Waals surface area contributed by atoms with Gasteiger partial charge in [-0.25, -0.2) is 9.97 Å². The van der Waals surface area contributed by atoms with Gasteiger partial charge in [-0.05, 0) is 32.4 Å². The van der Waals surface area contributed by atoms with Crippen LogP contribution < -0.4 is 10.5 Å². The first kappa shape index (κ1) is 18.4. The topological polar surface area (TPSA) is 82.2 Å². The van der Waals surface area contributed by atoms with Crippen molar-refractivity contribution in [3.8, 4) is 0 Å². The van der Waals surface area contributed by atoms with Gasteiger partial charge in [0, 0.05) is 50.1 Å². The van der Waals surface area contributed by atoms with E-state index in [2.05, 4.69) is 19.9 Å². The summed E-state index contributed by atoms with van der Waals surface area (Å²) in [6, 6.07) is 3.70. The van der Waals surface area contributed by atoms with Gasteiger partial charge >= 0.3 is 0 Å². The number of pyridine rings is 1. The molecule has 3 heterocycles. The average molecular weight is 376 g/mol. The van der Waals surface area contributed by atoms with E-state index in [9.17, 15) is 9.59 Å². The van der Waals surface area contributed by atoms with Crippen LogP contribution in [0.3, 0.4) is 0 Å². The molecule has 138 valence electrons. The normalized spacial score (nSPS) is 14.6. The molecule has 1 N–H and O–H groups in total. The molecule has 7 nitrogen and oxygen atoms in total. The third-order valence-electron chi connectivity index (χ3n) is 4.60. The lowest BCUT2D eigenvalue weighted by molar-refractivity contribution is -0.131. The van der Waals surface area contributed by atoms with Crippen LogP contribution in [0.25, 0.3) is 0 Å². The lowest BCUT2D eigenvalue weighted by Crippen LogP contribution is -2.49. The highest BCUT2D eigenvalue weighted by Crippen LogP contribution is 2.16. The molecule has 1 aliphatic heterocycles. The van der Waals surface area contributed by atoms with Crippen molar-refractivity contribution < 1.29 is 4.79 Å². The van der Waals surface area contributed by atoms with Crippen molar-refractivity contribution in [2.75, 3.05) is 31.1 Å². The maximum Gasteiger partial charge on any atom is 0.254 e. The molecule has 0 radical (unpaired) electrons. The van der Waals surface area contributed by atoms with E-state index >= 15 is 0 Å². The highest BCUT2D eigenvalue weighted by Gasteiger charge is 2.22. The summed E-state index contributed by atoms with van der Waals surface area (Å²) < 4.78 is 0. The summed E-state index contributed by atoms with van der Waals surface area (Å²) in [6.07, 6.45) is 2.35. The summed E-state index contributed by atoms with van der Waals surface area (Å²) in [6.45, 7) is 6.30. The molecule has 0 unspecified atom stereocenters. The number of anilines is 1. The van der Waals surface area contributed by atoms with E-state index in [1.54, 1.807) is 20.0 Å². The standard InChI is InChI=1S/C18H22ClN5O2/c1-12-15(18(26)22-13(2)21-12)4-6-17(25)24-9-7-23(8-10-24)16-5-3-14(19)11-20-16/h3,5,11H,4,6-10H2,1-2H3,(H,21,22,26). The minimum Gasteiger partial charge on any atom is -0.353 e. The summed E-state index contributed by atoms with van der Waals surface area (Å²) in [5.74, 6) is 1.52. The summed E-state index contributed by atoms with van der Waals surface area (Å²) in [5.41, 5.74) is 1.13. The van der Waals surface area contributed by atoms with Gasteiger partial charge in [0.1, 0.15) is 11.6 Å². The number of hydrogen-bond donors (Lipinski definition) is 1. The Kier molecular flexibility index (Phi) is 5.56. The predicted molar refractivity (Wildman–Crippen MR) is 101 cm³/mol. The molecular formula is C18H22ClN5O2. The lowest BCUT2D eigenvalue weighted by atomic mass is 10.1. The first-order valence-electron chi connectivity index (χ1n) is 8.64. The number of amides is 1. The average Bonchev–Trinajstić information content (AvgIpc) is 2.61. The Morgan fingerprint density at radius 1 is 1.23 bits per heavy atom. The van der Waals surface area contributed by atoms with Gasteiger partial charge in [0.15, 0.2) is 0 Å². The molecule has 0 aliphatic carbocycles. The van der Waals surface area contributed by atoms with Gasteiger partial charge in [0.25, 0.3) is 5.56 Å². The van der Waals surface area contributed by atoms with Crippen molar-refractivity contribution in [3.05, 3.63) is 50.8 Å². The summed E-state index contributed by atoms with van der Waals surface area (Å²) >= 11 is 5.87. The number of carbonyl (C=O) groups excluding carboxylic acids is 1. The van der Waals surface area contributed by atoms with E-state index in [0.29, 0.717) is 48.0 Å². The lowest BCUT2D eigenvalue weighted by Gasteiger charge is -2.35. The van der Waals surface area contributed by atoms with Crippen LogP contribution >= 0.6 is 11.6 Å². The Morgan fingerprint density at radius 2 is 1.96 bits per heavy atom. The highest BCUT2D eigenvalue weighted by atomic mass is 35.5. The van der Waals surface area contributed by atoms with Crippen LogP contribution in [-0.2, 0) is 11.2 Å². The van der Waals surface area contributed by atoms with E-state index in [4.69, 9.17) is 11.6 Å². The summed E-state index contributed by atoms with van der Waals surface area (Å²) in [7, 11) is 0. The third-order valence-corrected chi connectivity index (χ3v) is 4.82. The van der Waals surface area contributed by atoms with Crippen molar-refractivity contribution in [1.82, 2.24) is 19.9 Å². The van der Waals surface area contributed by atoms with Gasteiger partial charge < -0.3 is 14.8 Å². The van der Waals surface area contributed by atoms with E-state index in [1.807, 2.05) is 17.0 Å². The number of nitrogens with one attached hydrogen (secondary N) is 1. The van der Waals surface area contributed by atoms with Crippen LogP contribution in [0.15, 0.2) is 23.1 Å². The fourth-order valence-corrected chi connectivity index (χ4v) is 3.29. The minimum atomic E-state index is -0.151. The van der Waals surface area contributed by atoms with Gasteiger partial charge in [0.05, 0.1) is 5.02 Å². The number of hydrogen-bond acceptors (Lipinski definition) is 5. The fourth-order valence-electron chi connectivity index (χ4n) is 3.18. The Labute approximate surface area is 157 Å². The van der Waals surface area contributed by atoms with E-state index in [1.165, 1.54) is 0 Å². The number of halogens is 1. The van der Waals surface area contributed by atoms with Crippen LogP contribution in [0.4, 0.5) is 5.82 Å². The van der Waals surface area contributed by atoms with Crippen LogP contribution in [0.5, 0.6) is 0 Å². The quantitative estimate of drug-likeness (QED) is 0.879. The molecule has 0 atom stereocenters. The zero-order valence-electron chi connectivity index (χ0n) is 15.0. The number of rotatable bonds is 4. The van der Waals surface area contributed by atoms with E-state index in [-0.39, 0.29) is 11.5 Å². The van der Waals surface area contributed by atoms with Crippen molar-refractivity contribution in [2.24, 2.45) is 0 Å². The molecule has 1 aliphatic rings. The van der Waals surface area contributed by atoms with Gasteiger partial charge in [-0.15, -0.1) is 0 Å². The second kappa shape index (κ2) is 7.86. The Bertz CT molecular complexity index is 842. The van der Waals surface area contributed by atoms with Crippen molar-refractivity contribution in [2.45, 2.75) is 26.7 Å². The Morgan fingerprint density at radius 3 is 2.58 bits per heavy atom. The molecule has 0 saturated carbocycles. The maximum absolute atomic E-state index is 12.5. The molecule has 0 aromatic carbocycles. The molecule has 1 fully saturated rings. The largest absolute Gasteiger partial charge is 0.353 e. The number of aromatic nitrogens is 3. The minimum absolute atomic E-state index is 0.0630. The first-order valence-corrected chi connectivity index (χ1v) is 9.02. The van der Waals surface area contributed by atoms with Crippen LogP contribution in [0.2, 0.25) is 5.02 Å². The van der Waals surface area contributed by atoms with Crippen LogP contribution in [0, 0.1) is 13.8 Å². The number of piperazine rings is 1. The van der Waals surface area contributed by atoms with Crippen molar-refractivity contribution in [1.29, 1.82) is 0 Å². The summed E-state index contributed by atoms with van der Waals surface area (Å²) in [5, 5.41) is 0.610.